The summed E-state index contributed by atoms with van der Waals surface area (Å²) in [6.45, 7) is 1.44. The molecule has 1 aromatic carbocycles. The highest BCUT2D eigenvalue weighted by Gasteiger charge is 2.11. The molecule has 0 aliphatic carbocycles. The van der Waals surface area contributed by atoms with E-state index < -0.39 is 0 Å². The van der Waals surface area contributed by atoms with E-state index in [2.05, 4.69) is 22.4 Å². The summed E-state index contributed by atoms with van der Waals surface area (Å²) >= 11 is 0. The molecule has 1 unspecified atom stereocenters. The molecule has 1 aliphatic heterocycles. The zero-order valence-electron chi connectivity index (χ0n) is 7.40. The smallest absolute Gasteiger partial charge is 0.0751 e. The lowest BCUT2D eigenvalue weighted by Crippen LogP contribution is -2.46. The number of hydrogen-bond acceptors (Lipinski definition) is 3. The fourth-order valence-electron chi connectivity index (χ4n) is 1.38. The lowest BCUT2D eigenvalue weighted by atomic mass is 10.1. The second-order valence-corrected chi connectivity index (χ2v) is 3.14. The summed E-state index contributed by atoms with van der Waals surface area (Å²) in [6, 6.07) is 10.2. The number of rotatable bonds is 1. The molecule has 0 aromatic heterocycles. The van der Waals surface area contributed by atoms with Crippen LogP contribution in [0.15, 0.2) is 35.3 Å². The van der Waals surface area contributed by atoms with E-state index in [0.717, 1.165) is 12.3 Å². The average molecular weight is 175 g/mol. The van der Waals surface area contributed by atoms with Gasteiger partial charge in [0.25, 0.3) is 0 Å². The molecule has 1 aliphatic rings. The monoisotopic (exact) mass is 175 g/mol. The summed E-state index contributed by atoms with van der Waals surface area (Å²) in [5.41, 5.74) is 7.94. The van der Waals surface area contributed by atoms with Crippen molar-refractivity contribution in [3.05, 3.63) is 35.9 Å². The first-order chi connectivity index (χ1) is 6.36. The third-order valence-corrected chi connectivity index (χ3v) is 2.12. The molecule has 0 amide bonds. The van der Waals surface area contributed by atoms with Gasteiger partial charge in [-0.3, -0.25) is 10.3 Å². The van der Waals surface area contributed by atoms with E-state index >= 15 is 0 Å². The largest absolute Gasteiger partial charge is 0.314 e. The van der Waals surface area contributed by atoms with Crippen LogP contribution in [0, 0.1) is 0 Å². The number of nitrogens with two attached hydrogens (primary N) is 1. The number of aliphatic imine (C=N–C) groups is 1. The molecule has 3 heteroatoms. The Labute approximate surface area is 77.7 Å². The lowest BCUT2D eigenvalue weighted by molar-refractivity contribution is 0.557. The molecule has 1 atom stereocenters. The Hall–Kier alpha value is -1.19. The molecule has 3 N–H and O–H groups in total. The van der Waals surface area contributed by atoms with Crippen molar-refractivity contribution >= 4 is 5.71 Å². The van der Waals surface area contributed by atoms with Gasteiger partial charge in [0, 0.05) is 6.54 Å². The zero-order chi connectivity index (χ0) is 9.10. The molecule has 0 saturated heterocycles. The Bertz CT molecular complexity index is 305. The summed E-state index contributed by atoms with van der Waals surface area (Å²) in [7, 11) is 0. The van der Waals surface area contributed by atoms with Gasteiger partial charge in [-0.15, -0.1) is 0 Å². The first-order valence-corrected chi connectivity index (χ1v) is 4.44. The third-order valence-electron chi connectivity index (χ3n) is 2.12. The maximum Gasteiger partial charge on any atom is 0.0751 e. The maximum atomic E-state index is 5.66. The molecular formula is C10H13N3. The van der Waals surface area contributed by atoms with Crippen LogP contribution >= 0.6 is 0 Å². The minimum absolute atomic E-state index is 0.0208. The van der Waals surface area contributed by atoms with Gasteiger partial charge in [0.1, 0.15) is 0 Å². The van der Waals surface area contributed by atoms with Crippen LogP contribution in [0.5, 0.6) is 0 Å². The minimum atomic E-state index is 0.0208. The molecule has 0 bridgehead atoms. The minimum Gasteiger partial charge on any atom is -0.314 e. The SMILES string of the molecule is NC1CN=C(c2ccccc2)CN1. The Balaban J connectivity index is 2.19. The topological polar surface area (TPSA) is 50.4 Å². The van der Waals surface area contributed by atoms with E-state index in [9.17, 15) is 0 Å². The van der Waals surface area contributed by atoms with Crippen LogP contribution in [-0.4, -0.2) is 25.0 Å². The molecule has 1 aromatic rings. The van der Waals surface area contributed by atoms with Crippen LogP contribution in [0.4, 0.5) is 0 Å². The molecule has 1 heterocycles. The van der Waals surface area contributed by atoms with E-state index in [1.54, 1.807) is 0 Å². The quantitative estimate of drug-likeness (QED) is 0.647. The number of benzene rings is 1. The van der Waals surface area contributed by atoms with Crippen LogP contribution < -0.4 is 11.1 Å². The molecule has 0 saturated carbocycles. The summed E-state index contributed by atoms with van der Waals surface area (Å²) < 4.78 is 0. The lowest BCUT2D eigenvalue weighted by Gasteiger charge is -2.19. The van der Waals surface area contributed by atoms with Gasteiger partial charge in [0.2, 0.25) is 0 Å². The van der Waals surface area contributed by atoms with E-state index in [0.29, 0.717) is 6.54 Å². The molecule has 13 heavy (non-hydrogen) atoms. The van der Waals surface area contributed by atoms with Crippen molar-refractivity contribution in [2.45, 2.75) is 6.17 Å². The van der Waals surface area contributed by atoms with Gasteiger partial charge in [-0.25, -0.2) is 0 Å². The number of nitrogens with one attached hydrogen (secondary N) is 1. The van der Waals surface area contributed by atoms with Gasteiger partial charge >= 0.3 is 0 Å². The van der Waals surface area contributed by atoms with Crippen LogP contribution in [0.3, 0.4) is 0 Å². The third kappa shape index (κ3) is 1.94. The molecular weight excluding hydrogens is 162 g/mol. The highest BCUT2D eigenvalue weighted by molar-refractivity contribution is 6.02. The predicted molar refractivity (Wildman–Crippen MR) is 53.8 cm³/mol. The molecule has 0 fully saturated rings. The van der Waals surface area contributed by atoms with Crippen LogP contribution in [0.1, 0.15) is 5.56 Å². The fraction of sp³-hybridized carbons (Fsp3) is 0.300. The summed E-state index contributed by atoms with van der Waals surface area (Å²) in [4.78, 5) is 4.41. The number of nitrogens with zero attached hydrogens (tertiary/aromatic N) is 1. The van der Waals surface area contributed by atoms with Crippen LogP contribution in [-0.2, 0) is 0 Å². The second-order valence-electron chi connectivity index (χ2n) is 3.14. The van der Waals surface area contributed by atoms with Gasteiger partial charge in [-0.05, 0) is 5.56 Å². The predicted octanol–water partition coefficient (Wildman–Crippen LogP) is 0.364. The van der Waals surface area contributed by atoms with Gasteiger partial charge in [0.15, 0.2) is 0 Å². The molecule has 2 rings (SSSR count). The summed E-state index contributed by atoms with van der Waals surface area (Å²) in [5, 5.41) is 3.18. The second kappa shape index (κ2) is 3.68. The normalized spacial score (nSPS) is 22.5. The molecule has 3 nitrogen and oxygen atoms in total. The highest BCUT2D eigenvalue weighted by atomic mass is 15.1. The van der Waals surface area contributed by atoms with Gasteiger partial charge in [0.05, 0.1) is 18.4 Å². The molecule has 0 radical (unpaired) electrons. The van der Waals surface area contributed by atoms with Crippen molar-refractivity contribution in [3.8, 4) is 0 Å². The van der Waals surface area contributed by atoms with Crippen molar-refractivity contribution < 1.29 is 0 Å². The van der Waals surface area contributed by atoms with Crippen molar-refractivity contribution in [1.29, 1.82) is 0 Å². The van der Waals surface area contributed by atoms with Crippen LogP contribution in [0.25, 0.3) is 0 Å². The van der Waals surface area contributed by atoms with E-state index in [1.807, 2.05) is 18.2 Å². The fourth-order valence-corrected chi connectivity index (χ4v) is 1.38. The van der Waals surface area contributed by atoms with Crippen molar-refractivity contribution in [2.75, 3.05) is 13.1 Å². The Morgan fingerprint density at radius 2 is 2.08 bits per heavy atom. The summed E-state index contributed by atoms with van der Waals surface area (Å²) in [6.07, 6.45) is 0.0208. The summed E-state index contributed by atoms with van der Waals surface area (Å²) in [5.74, 6) is 0. The van der Waals surface area contributed by atoms with Gasteiger partial charge in [-0.2, -0.15) is 0 Å². The standard InChI is InChI=1S/C10H13N3/c11-10-7-12-9(6-13-10)8-4-2-1-3-5-8/h1-5,10,13H,6-7,11H2. The Morgan fingerprint density at radius 1 is 1.31 bits per heavy atom. The average Bonchev–Trinajstić information content (AvgIpc) is 2.20. The van der Waals surface area contributed by atoms with E-state index in [-0.39, 0.29) is 6.17 Å². The van der Waals surface area contributed by atoms with Crippen molar-refractivity contribution in [1.82, 2.24) is 5.32 Å². The van der Waals surface area contributed by atoms with Crippen molar-refractivity contribution in [3.63, 3.8) is 0 Å². The first kappa shape index (κ1) is 8.41. The molecule has 0 spiro atoms. The Kier molecular flexibility index (Phi) is 2.38. The van der Waals surface area contributed by atoms with Crippen molar-refractivity contribution in [2.24, 2.45) is 10.7 Å². The highest BCUT2D eigenvalue weighted by Crippen LogP contribution is 2.03. The van der Waals surface area contributed by atoms with Gasteiger partial charge in [-0.1, -0.05) is 30.3 Å². The van der Waals surface area contributed by atoms with Crippen LogP contribution in [0.2, 0.25) is 0 Å². The number of hydrogen-bond donors (Lipinski definition) is 2. The first-order valence-electron chi connectivity index (χ1n) is 4.44. The van der Waals surface area contributed by atoms with Gasteiger partial charge < -0.3 is 5.73 Å². The maximum absolute atomic E-state index is 5.66. The van der Waals surface area contributed by atoms with E-state index in [1.165, 1.54) is 5.56 Å². The molecule has 68 valence electrons. The Morgan fingerprint density at radius 3 is 2.69 bits per heavy atom. The van der Waals surface area contributed by atoms with E-state index in [4.69, 9.17) is 5.73 Å². The zero-order valence-corrected chi connectivity index (χ0v) is 7.40.